The van der Waals surface area contributed by atoms with Crippen molar-refractivity contribution in [3.63, 3.8) is 0 Å². The van der Waals surface area contributed by atoms with Crippen LogP contribution in [0.3, 0.4) is 0 Å². The van der Waals surface area contributed by atoms with Crippen LogP contribution < -0.4 is 11.1 Å². The fourth-order valence-corrected chi connectivity index (χ4v) is 1.65. The van der Waals surface area contributed by atoms with Crippen LogP contribution in [0.25, 0.3) is 0 Å². The molecule has 0 atom stereocenters. The van der Waals surface area contributed by atoms with E-state index in [-0.39, 0.29) is 16.7 Å². The topological polar surface area (TPSA) is 55.1 Å². The first-order chi connectivity index (χ1) is 8.34. The third kappa shape index (κ3) is 4.15. The van der Waals surface area contributed by atoms with Crippen LogP contribution >= 0.6 is 15.9 Å². The molecule has 98 valence electrons. The molecule has 0 fully saturated rings. The normalized spacial score (nSPS) is 11.8. The van der Waals surface area contributed by atoms with Crippen molar-refractivity contribution in [2.75, 3.05) is 11.9 Å². The van der Waals surface area contributed by atoms with E-state index < -0.39 is 17.6 Å². The average molecular weight is 323 g/mol. The Morgan fingerprint density at radius 1 is 1.44 bits per heavy atom. The van der Waals surface area contributed by atoms with Gasteiger partial charge in [0.1, 0.15) is 0 Å². The fraction of sp³-hybridized carbons (Fsp3) is 0.182. The lowest BCUT2D eigenvalue weighted by atomic mass is 10.2. The molecule has 7 heteroatoms. The molecule has 0 aliphatic rings. The van der Waals surface area contributed by atoms with Gasteiger partial charge in [-0.2, -0.15) is 13.2 Å². The van der Waals surface area contributed by atoms with E-state index in [9.17, 15) is 18.0 Å². The van der Waals surface area contributed by atoms with Gasteiger partial charge in [0.25, 0.3) is 0 Å². The summed E-state index contributed by atoms with van der Waals surface area (Å²) in [5.74, 6) is -0.532. The zero-order valence-electron chi connectivity index (χ0n) is 9.09. The van der Waals surface area contributed by atoms with E-state index in [0.29, 0.717) is 0 Å². The van der Waals surface area contributed by atoms with E-state index in [2.05, 4.69) is 21.2 Å². The molecule has 0 saturated heterocycles. The Hall–Kier alpha value is -1.34. The van der Waals surface area contributed by atoms with Crippen LogP contribution in [0.1, 0.15) is 5.56 Å². The van der Waals surface area contributed by atoms with Crippen molar-refractivity contribution < 1.29 is 18.0 Å². The highest BCUT2D eigenvalue weighted by Crippen LogP contribution is 2.36. The van der Waals surface area contributed by atoms with Gasteiger partial charge in [0.2, 0.25) is 5.91 Å². The first kappa shape index (κ1) is 14.7. The van der Waals surface area contributed by atoms with Gasteiger partial charge in [0, 0.05) is 22.8 Å². The number of nitrogens with one attached hydrogen (secondary N) is 1. The largest absolute Gasteiger partial charge is 0.417 e. The quantitative estimate of drug-likeness (QED) is 0.841. The predicted molar refractivity (Wildman–Crippen MR) is 66.0 cm³/mol. The fourth-order valence-electron chi connectivity index (χ4n) is 1.18. The molecule has 3 nitrogen and oxygen atoms in total. The van der Waals surface area contributed by atoms with Gasteiger partial charge < -0.3 is 11.1 Å². The van der Waals surface area contributed by atoms with E-state index >= 15 is 0 Å². The van der Waals surface area contributed by atoms with E-state index in [1.807, 2.05) is 0 Å². The van der Waals surface area contributed by atoms with Crippen LogP contribution in [0.15, 0.2) is 34.8 Å². The second-order valence-electron chi connectivity index (χ2n) is 3.32. The molecule has 1 rings (SSSR count). The highest BCUT2D eigenvalue weighted by molar-refractivity contribution is 9.10. The third-order valence-corrected chi connectivity index (χ3v) is 2.64. The van der Waals surface area contributed by atoms with Gasteiger partial charge in [0.05, 0.1) is 5.56 Å². The van der Waals surface area contributed by atoms with Gasteiger partial charge >= 0.3 is 6.18 Å². The number of amides is 1. The standard InChI is InChI=1S/C11H10BrF3N2O/c12-9-4-3-7(6-8(9)11(13,14)15)17-10(18)2-1-5-16/h1-4,6H,5,16H2,(H,17,18)/b2-1+. The van der Waals surface area contributed by atoms with Crippen LogP contribution in [0.5, 0.6) is 0 Å². The van der Waals surface area contributed by atoms with Crippen molar-refractivity contribution >= 4 is 27.5 Å². The number of carbonyl (C=O) groups excluding carboxylic acids is 1. The minimum absolute atomic E-state index is 0.0668. The third-order valence-electron chi connectivity index (χ3n) is 1.94. The number of nitrogens with two attached hydrogens (primary N) is 1. The van der Waals surface area contributed by atoms with E-state index in [1.54, 1.807) is 0 Å². The van der Waals surface area contributed by atoms with Crippen LogP contribution in [0, 0.1) is 0 Å². The molecule has 0 heterocycles. The minimum Gasteiger partial charge on any atom is -0.327 e. The Balaban J connectivity index is 2.93. The Labute approximate surface area is 110 Å². The Morgan fingerprint density at radius 2 is 2.11 bits per heavy atom. The summed E-state index contributed by atoms with van der Waals surface area (Å²) in [4.78, 5) is 11.3. The molecule has 0 aliphatic carbocycles. The lowest BCUT2D eigenvalue weighted by Crippen LogP contribution is -2.11. The number of benzene rings is 1. The van der Waals surface area contributed by atoms with Crippen molar-refractivity contribution in [3.8, 4) is 0 Å². The highest BCUT2D eigenvalue weighted by atomic mass is 79.9. The molecule has 1 aromatic rings. The SMILES string of the molecule is NC/C=C/C(=O)Nc1ccc(Br)c(C(F)(F)F)c1. The summed E-state index contributed by atoms with van der Waals surface area (Å²) in [5, 5.41) is 2.31. The second-order valence-corrected chi connectivity index (χ2v) is 4.17. The summed E-state index contributed by atoms with van der Waals surface area (Å²) < 4.78 is 37.7. The molecule has 0 aromatic heterocycles. The summed E-state index contributed by atoms with van der Waals surface area (Å²) in [6.45, 7) is 0.182. The van der Waals surface area contributed by atoms with Gasteiger partial charge in [-0.3, -0.25) is 4.79 Å². The maximum atomic E-state index is 12.6. The summed E-state index contributed by atoms with van der Waals surface area (Å²) in [7, 11) is 0. The maximum absolute atomic E-state index is 12.6. The van der Waals surface area contributed by atoms with Crippen molar-refractivity contribution in [3.05, 3.63) is 40.4 Å². The summed E-state index contributed by atoms with van der Waals surface area (Å²) >= 11 is 2.81. The van der Waals surface area contributed by atoms with Gasteiger partial charge in [-0.15, -0.1) is 0 Å². The van der Waals surface area contributed by atoms with Crippen LogP contribution in [0.2, 0.25) is 0 Å². The lowest BCUT2D eigenvalue weighted by molar-refractivity contribution is -0.138. The molecule has 1 amide bonds. The number of rotatable bonds is 3. The Bertz CT molecular complexity index is 472. The van der Waals surface area contributed by atoms with Gasteiger partial charge in [0.15, 0.2) is 0 Å². The van der Waals surface area contributed by atoms with Crippen LogP contribution in [-0.2, 0) is 11.0 Å². The summed E-state index contributed by atoms with van der Waals surface area (Å²) in [6, 6.07) is 3.46. The highest BCUT2D eigenvalue weighted by Gasteiger charge is 2.33. The van der Waals surface area contributed by atoms with Crippen molar-refractivity contribution in [1.29, 1.82) is 0 Å². The van der Waals surface area contributed by atoms with Crippen molar-refractivity contribution in [2.24, 2.45) is 5.73 Å². The molecule has 0 spiro atoms. The zero-order valence-corrected chi connectivity index (χ0v) is 10.7. The van der Waals surface area contributed by atoms with E-state index in [1.165, 1.54) is 18.2 Å². The second kappa shape index (κ2) is 6.01. The lowest BCUT2D eigenvalue weighted by Gasteiger charge is -2.11. The Kier molecular flexibility index (Phi) is 4.92. The molecule has 0 unspecified atom stereocenters. The number of halogens is 4. The van der Waals surface area contributed by atoms with Gasteiger partial charge in [-0.05, 0) is 18.2 Å². The zero-order chi connectivity index (χ0) is 13.8. The number of alkyl halides is 3. The molecule has 0 bridgehead atoms. The van der Waals surface area contributed by atoms with Crippen molar-refractivity contribution in [2.45, 2.75) is 6.18 Å². The molecule has 18 heavy (non-hydrogen) atoms. The van der Waals surface area contributed by atoms with E-state index in [0.717, 1.165) is 12.1 Å². The number of hydrogen-bond donors (Lipinski definition) is 2. The first-order valence-corrected chi connectivity index (χ1v) is 5.68. The monoisotopic (exact) mass is 322 g/mol. The van der Waals surface area contributed by atoms with Crippen LogP contribution in [0.4, 0.5) is 18.9 Å². The van der Waals surface area contributed by atoms with Crippen LogP contribution in [-0.4, -0.2) is 12.5 Å². The van der Waals surface area contributed by atoms with E-state index in [4.69, 9.17) is 5.73 Å². The predicted octanol–water partition coefficient (Wildman–Crippen LogP) is 2.92. The molecule has 0 radical (unpaired) electrons. The first-order valence-electron chi connectivity index (χ1n) is 4.89. The smallest absolute Gasteiger partial charge is 0.327 e. The molecular weight excluding hydrogens is 313 g/mol. The molecular formula is C11H10BrF3N2O. The molecule has 0 aliphatic heterocycles. The maximum Gasteiger partial charge on any atom is 0.417 e. The average Bonchev–Trinajstić information content (AvgIpc) is 2.27. The van der Waals surface area contributed by atoms with Gasteiger partial charge in [-0.1, -0.05) is 22.0 Å². The molecule has 3 N–H and O–H groups in total. The molecule has 1 aromatic carbocycles. The van der Waals surface area contributed by atoms with Gasteiger partial charge in [-0.25, -0.2) is 0 Å². The number of carbonyl (C=O) groups is 1. The minimum atomic E-state index is -4.48. The Morgan fingerprint density at radius 3 is 2.67 bits per heavy atom. The van der Waals surface area contributed by atoms with Crippen molar-refractivity contribution in [1.82, 2.24) is 0 Å². The number of anilines is 1. The summed E-state index contributed by atoms with van der Waals surface area (Å²) in [6.07, 6.45) is -1.92. The summed E-state index contributed by atoms with van der Waals surface area (Å²) in [5.41, 5.74) is 4.37. The molecule has 0 saturated carbocycles. The number of hydrogen-bond acceptors (Lipinski definition) is 2.